The van der Waals surface area contributed by atoms with Gasteiger partial charge in [-0.25, -0.2) is 4.68 Å². The van der Waals surface area contributed by atoms with Crippen LogP contribution in [0.15, 0.2) is 54.6 Å². The smallest absolute Gasteiger partial charge is 0.269 e. The van der Waals surface area contributed by atoms with Crippen LogP contribution in [0.2, 0.25) is 0 Å². The van der Waals surface area contributed by atoms with Crippen LogP contribution < -0.4 is 20.1 Å². The number of rotatable bonds is 7. The minimum Gasteiger partial charge on any atom is -0.497 e. The second-order valence-electron chi connectivity index (χ2n) is 6.78. The summed E-state index contributed by atoms with van der Waals surface area (Å²) in [5.74, 6) is 1.52. The molecular weight excluding hydrogens is 368 g/mol. The first-order chi connectivity index (χ1) is 14.2. The predicted molar refractivity (Wildman–Crippen MR) is 110 cm³/mol. The highest BCUT2D eigenvalue weighted by atomic mass is 16.5. The van der Waals surface area contributed by atoms with Crippen molar-refractivity contribution in [1.29, 1.82) is 0 Å². The first kappa shape index (κ1) is 19.0. The lowest BCUT2D eigenvalue weighted by Crippen LogP contribution is -2.45. The summed E-state index contributed by atoms with van der Waals surface area (Å²) in [6, 6.07) is 17.4. The number of fused-ring (bicyclic) bond motifs is 1. The third-order valence-corrected chi connectivity index (χ3v) is 4.86. The van der Waals surface area contributed by atoms with Crippen molar-refractivity contribution in [2.75, 3.05) is 20.3 Å². The zero-order chi connectivity index (χ0) is 20.2. The van der Waals surface area contributed by atoms with Gasteiger partial charge in [-0.1, -0.05) is 12.1 Å². The van der Waals surface area contributed by atoms with Crippen LogP contribution in [0.25, 0.3) is 11.3 Å². The monoisotopic (exact) mass is 392 g/mol. The van der Waals surface area contributed by atoms with Gasteiger partial charge in [0.2, 0.25) is 0 Å². The molecule has 1 aliphatic heterocycles. The molecule has 1 amide bonds. The maximum atomic E-state index is 12.3. The fraction of sp³-hybridized carbons (Fsp3) is 0.273. The number of carbonyl (C=O) groups is 1. The van der Waals surface area contributed by atoms with Gasteiger partial charge in [0.05, 0.1) is 26.0 Å². The average Bonchev–Trinajstić information content (AvgIpc) is 3.20. The van der Waals surface area contributed by atoms with Crippen LogP contribution in [-0.2, 0) is 6.54 Å². The molecule has 1 aromatic heterocycles. The van der Waals surface area contributed by atoms with Crippen LogP contribution >= 0.6 is 0 Å². The third-order valence-electron chi connectivity index (χ3n) is 4.86. The van der Waals surface area contributed by atoms with E-state index in [9.17, 15) is 4.79 Å². The van der Waals surface area contributed by atoms with E-state index in [1.54, 1.807) is 11.8 Å². The molecule has 7 heteroatoms. The van der Waals surface area contributed by atoms with Crippen molar-refractivity contribution in [2.45, 2.75) is 19.6 Å². The lowest BCUT2D eigenvalue weighted by atomic mass is 10.1. The van der Waals surface area contributed by atoms with Crippen molar-refractivity contribution in [3.05, 3.63) is 65.9 Å². The van der Waals surface area contributed by atoms with Gasteiger partial charge >= 0.3 is 0 Å². The van der Waals surface area contributed by atoms with Crippen LogP contribution in [0.4, 0.5) is 0 Å². The second-order valence-corrected chi connectivity index (χ2v) is 6.78. The zero-order valence-corrected chi connectivity index (χ0v) is 16.5. The Bertz CT molecular complexity index is 998. The minimum absolute atomic E-state index is 0.117. The summed E-state index contributed by atoms with van der Waals surface area (Å²) >= 11 is 0. The van der Waals surface area contributed by atoms with E-state index in [4.69, 9.17) is 14.6 Å². The van der Waals surface area contributed by atoms with Gasteiger partial charge in [-0.15, -0.1) is 0 Å². The highest BCUT2D eigenvalue weighted by Gasteiger charge is 2.27. The summed E-state index contributed by atoms with van der Waals surface area (Å²) in [7, 11) is 1.63. The molecule has 4 rings (SSSR count). The van der Waals surface area contributed by atoms with Crippen molar-refractivity contribution in [3.63, 3.8) is 0 Å². The Morgan fingerprint density at radius 2 is 2.00 bits per heavy atom. The van der Waals surface area contributed by atoms with Crippen molar-refractivity contribution in [2.24, 2.45) is 0 Å². The molecule has 0 aliphatic carbocycles. The van der Waals surface area contributed by atoms with Gasteiger partial charge in [-0.3, -0.25) is 10.1 Å². The Kier molecular flexibility index (Phi) is 5.48. The maximum absolute atomic E-state index is 12.3. The average molecular weight is 392 g/mol. The zero-order valence-electron chi connectivity index (χ0n) is 16.5. The molecular formula is C22H24N4O3. The Morgan fingerprint density at radius 3 is 2.76 bits per heavy atom. The molecule has 0 saturated carbocycles. The van der Waals surface area contributed by atoms with E-state index >= 15 is 0 Å². The van der Waals surface area contributed by atoms with Gasteiger partial charge in [0, 0.05) is 12.1 Å². The number of nitrogens with one attached hydrogen (secondary N) is 2. The summed E-state index contributed by atoms with van der Waals surface area (Å²) in [5.41, 5.74) is 3.34. The number of hydrogen-bond donors (Lipinski definition) is 2. The number of methoxy groups -OCH3 is 1. The normalized spacial score (nSPS) is 15.5. The fourth-order valence-electron chi connectivity index (χ4n) is 3.38. The van der Waals surface area contributed by atoms with Crippen LogP contribution in [0.3, 0.4) is 0 Å². The van der Waals surface area contributed by atoms with E-state index < -0.39 is 0 Å². The number of hydrogen-bond acceptors (Lipinski definition) is 5. The summed E-state index contributed by atoms with van der Waals surface area (Å²) < 4.78 is 12.5. The van der Waals surface area contributed by atoms with Crippen LogP contribution in [0, 0.1) is 0 Å². The summed E-state index contributed by atoms with van der Waals surface area (Å²) in [6.07, 6.45) is -0.134. The van der Waals surface area contributed by atoms with Gasteiger partial charge < -0.3 is 14.8 Å². The third kappa shape index (κ3) is 4.09. The highest BCUT2D eigenvalue weighted by Crippen LogP contribution is 2.25. The fourth-order valence-corrected chi connectivity index (χ4v) is 3.38. The first-order valence-electron chi connectivity index (χ1n) is 9.65. The molecule has 2 heterocycles. The van der Waals surface area contributed by atoms with E-state index in [-0.39, 0.29) is 12.1 Å². The molecule has 0 unspecified atom stereocenters. The Balaban J connectivity index is 1.53. The molecule has 1 atom stereocenters. The molecule has 0 radical (unpaired) electrons. The van der Waals surface area contributed by atoms with Gasteiger partial charge in [-0.05, 0) is 55.0 Å². The highest BCUT2D eigenvalue weighted by molar-refractivity contribution is 5.94. The maximum Gasteiger partial charge on any atom is 0.269 e. The quantitative estimate of drug-likeness (QED) is 0.646. The van der Waals surface area contributed by atoms with Gasteiger partial charge in [0.1, 0.15) is 23.4 Å². The van der Waals surface area contributed by atoms with E-state index in [1.165, 1.54) is 0 Å². The predicted octanol–water partition coefficient (Wildman–Crippen LogP) is 2.99. The molecule has 3 aromatic rings. The molecule has 2 N–H and O–H groups in total. The van der Waals surface area contributed by atoms with Gasteiger partial charge in [0.25, 0.3) is 5.91 Å². The molecule has 0 bridgehead atoms. The minimum atomic E-state index is -0.134. The number of benzene rings is 2. The Morgan fingerprint density at radius 1 is 1.17 bits per heavy atom. The van der Waals surface area contributed by atoms with E-state index in [1.807, 2.05) is 61.5 Å². The molecule has 150 valence electrons. The van der Waals surface area contributed by atoms with Crippen LogP contribution in [0.1, 0.15) is 29.1 Å². The van der Waals surface area contributed by atoms with Crippen molar-refractivity contribution in [3.8, 4) is 22.8 Å². The Hall–Kier alpha value is -3.32. The topological polar surface area (TPSA) is 77.4 Å². The molecule has 0 saturated heterocycles. The summed E-state index contributed by atoms with van der Waals surface area (Å²) in [6.45, 7) is 3.71. The molecule has 1 aliphatic rings. The van der Waals surface area contributed by atoms with Crippen LogP contribution in [0.5, 0.6) is 11.5 Å². The number of aromatic nitrogens is 2. The largest absolute Gasteiger partial charge is 0.497 e. The van der Waals surface area contributed by atoms with E-state index in [0.29, 0.717) is 25.4 Å². The summed E-state index contributed by atoms with van der Waals surface area (Å²) in [5, 5.41) is 11.1. The van der Waals surface area contributed by atoms with Crippen LogP contribution in [-0.4, -0.2) is 35.9 Å². The molecule has 7 nitrogen and oxygen atoms in total. The van der Waals surface area contributed by atoms with E-state index in [0.717, 1.165) is 28.3 Å². The molecule has 0 spiro atoms. The van der Waals surface area contributed by atoms with Gasteiger partial charge in [-0.2, -0.15) is 5.10 Å². The van der Waals surface area contributed by atoms with E-state index in [2.05, 4.69) is 10.6 Å². The molecule has 0 fully saturated rings. The van der Waals surface area contributed by atoms with Crippen molar-refractivity contribution >= 4 is 5.91 Å². The molecule has 29 heavy (non-hydrogen) atoms. The SMILES string of the molecule is CCOc1cccc(CN[C@H]2CNC(=O)c3cc(-c4ccc(OC)cc4)nn32)c1. The van der Waals surface area contributed by atoms with Crippen molar-refractivity contribution in [1.82, 2.24) is 20.4 Å². The van der Waals surface area contributed by atoms with Gasteiger partial charge in [0.15, 0.2) is 0 Å². The lowest BCUT2D eigenvalue weighted by molar-refractivity contribution is 0.0900. The number of carbonyl (C=O) groups excluding carboxylic acids is 1. The number of nitrogens with zero attached hydrogens (tertiary/aromatic N) is 2. The molecule has 2 aromatic carbocycles. The number of amides is 1. The number of ether oxygens (including phenoxy) is 2. The Labute approximate surface area is 169 Å². The standard InChI is InChI=1S/C22H24N4O3/c1-3-29-18-6-4-5-15(11-18)13-23-21-14-24-22(27)20-12-19(25-26(20)21)16-7-9-17(28-2)10-8-16/h4-12,21,23H,3,13-14H2,1-2H3,(H,24,27)/t21-/m1/s1. The lowest BCUT2D eigenvalue weighted by Gasteiger charge is -2.26. The van der Waals surface area contributed by atoms with Crippen molar-refractivity contribution < 1.29 is 14.3 Å². The first-order valence-corrected chi connectivity index (χ1v) is 9.65. The summed E-state index contributed by atoms with van der Waals surface area (Å²) in [4.78, 5) is 12.3. The second kappa shape index (κ2) is 8.36.